The van der Waals surface area contributed by atoms with Gasteiger partial charge in [0.2, 0.25) is 0 Å². The van der Waals surface area contributed by atoms with E-state index in [1.165, 1.54) is 11.1 Å². The summed E-state index contributed by atoms with van der Waals surface area (Å²) in [6, 6.07) is 15.9. The van der Waals surface area contributed by atoms with Crippen LogP contribution in [-0.2, 0) is 13.0 Å². The highest BCUT2D eigenvalue weighted by molar-refractivity contribution is 5.75. The molecule has 0 saturated heterocycles. The van der Waals surface area contributed by atoms with E-state index in [1.54, 1.807) is 12.1 Å². The quantitative estimate of drug-likeness (QED) is 0.789. The summed E-state index contributed by atoms with van der Waals surface area (Å²) in [6.07, 6.45) is 1.95. The molecule has 3 nitrogen and oxygen atoms in total. The van der Waals surface area contributed by atoms with Crippen LogP contribution >= 0.6 is 0 Å². The van der Waals surface area contributed by atoms with Crippen LogP contribution in [0, 0.1) is 0 Å². The predicted octanol–water partition coefficient (Wildman–Crippen LogP) is 2.94. The summed E-state index contributed by atoms with van der Waals surface area (Å²) >= 11 is 0. The zero-order chi connectivity index (χ0) is 14.5. The molecule has 0 bridgehead atoms. The third-order valence-electron chi connectivity index (χ3n) is 3.88. The van der Waals surface area contributed by atoms with Gasteiger partial charge in [0.05, 0.1) is 0 Å². The van der Waals surface area contributed by atoms with E-state index < -0.39 is 0 Å². The Labute approximate surface area is 125 Å². The molecule has 0 N–H and O–H groups in total. The van der Waals surface area contributed by atoms with Crippen molar-refractivity contribution in [3.63, 3.8) is 0 Å². The van der Waals surface area contributed by atoms with Gasteiger partial charge in [0.25, 0.3) is 0 Å². The number of carbonyl (C=O) groups excluding carboxylic acids is 1. The fourth-order valence-electron chi connectivity index (χ4n) is 2.72. The maximum atomic E-state index is 10.7. The average molecular weight is 281 g/mol. The van der Waals surface area contributed by atoms with Crippen LogP contribution in [0.4, 0.5) is 0 Å². The first kappa shape index (κ1) is 13.8. The monoisotopic (exact) mass is 281 g/mol. The van der Waals surface area contributed by atoms with Crippen molar-refractivity contribution in [2.45, 2.75) is 13.0 Å². The number of aldehydes is 1. The maximum absolute atomic E-state index is 10.7. The van der Waals surface area contributed by atoms with Gasteiger partial charge in [-0.25, -0.2) is 0 Å². The smallest absolute Gasteiger partial charge is 0.150 e. The van der Waals surface area contributed by atoms with Crippen molar-refractivity contribution in [2.75, 3.05) is 19.7 Å². The van der Waals surface area contributed by atoms with Gasteiger partial charge < -0.3 is 4.74 Å². The molecule has 108 valence electrons. The number of hydrogen-bond donors (Lipinski definition) is 0. The van der Waals surface area contributed by atoms with Crippen LogP contribution in [0.5, 0.6) is 5.75 Å². The number of rotatable bonds is 5. The summed E-state index contributed by atoms with van der Waals surface area (Å²) in [4.78, 5) is 13.1. The Kier molecular flexibility index (Phi) is 4.31. The molecule has 1 aliphatic heterocycles. The third-order valence-corrected chi connectivity index (χ3v) is 3.88. The molecule has 1 heterocycles. The Morgan fingerprint density at radius 3 is 2.81 bits per heavy atom. The Morgan fingerprint density at radius 1 is 1.10 bits per heavy atom. The van der Waals surface area contributed by atoms with Crippen molar-refractivity contribution in [1.29, 1.82) is 0 Å². The zero-order valence-electron chi connectivity index (χ0n) is 12.0. The van der Waals surface area contributed by atoms with E-state index in [4.69, 9.17) is 4.74 Å². The van der Waals surface area contributed by atoms with E-state index in [-0.39, 0.29) is 0 Å². The van der Waals surface area contributed by atoms with Crippen LogP contribution in [0.3, 0.4) is 0 Å². The van der Waals surface area contributed by atoms with E-state index >= 15 is 0 Å². The van der Waals surface area contributed by atoms with E-state index in [1.807, 2.05) is 12.1 Å². The number of carbonyl (C=O) groups is 1. The SMILES string of the molecule is O=Cc1cccc(OCCN2CCc3ccccc3C2)c1. The number of ether oxygens (including phenoxy) is 1. The number of nitrogens with zero attached hydrogens (tertiary/aromatic N) is 1. The molecule has 21 heavy (non-hydrogen) atoms. The normalized spacial score (nSPS) is 14.5. The summed E-state index contributed by atoms with van der Waals surface area (Å²) in [6.45, 7) is 3.62. The highest BCUT2D eigenvalue weighted by Gasteiger charge is 2.15. The van der Waals surface area contributed by atoms with Crippen LogP contribution in [0.25, 0.3) is 0 Å². The predicted molar refractivity (Wildman–Crippen MR) is 82.7 cm³/mol. The largest absolute Gasteiger partial charge is 0.492 e. The fraction of sp³-hybridized carbons (Fsp3) is 0.278. The second-order valence-electron chi connectivity index (χ2n) is 5.33. The molecule has 0 amide bonds. The number of benzene rings is 2. The third kappa shape index (κ3) is 3.50. The summed E-state index contributed by atoms with van der Waals surface area (Å²) < 4.78 is 5.74. The maximum Gasteiger partial charge on any atom is 0.150 e. The van der Waals surface area contributed by atoms with Crippen molar-refractivity contribution in [3.05, 3.63) is 65.2 Å². The van der Waals surface area contributed by atoms with Crippen LogP contribution in [-0.4, -0.2) is 30.9 Å². The Bertz CT molecular complexity index is 624. The summed E-state index contributed by atoms with van der Waals surface area (Å²) in [7, 11) is 0. The molecule has 2 aromatic carbocycles. The lowest BCUT2D eigenvalue weighted by atomic mass is 10.0. The highest BCUT2D eigenvalue weighted by atomic mass is 16.5. The molecule has 0 aromatic heterocycles. The van der Waals surface area contributed by atoms with Gasteiger partial charge in [0, 0.05) is 25.2 Å². The molecule has 0 fully saturated rings. The van der Waals surface area contributed by atoms with Gasteiger partial charge in [-0.3, -0.25) is 9.69 Å². The molecular weight excluding hydrogens is 262 g/mol. The molecule has 0 aliphatic carbocycles. The van der Waals surface area contributed by atoms with Gasteiger partial charge in [-0.2, -0.15) is 0 Å². The lowest BCUT2D eigenvalue weighted by Crippen LogP contribution is -2.33. The second kappa shape index (κ2) is 6.55. The highest BCUT2D eigenvalue weighted by Crippen LogP contribution is 2.18. The zero-order valence-corrected chi connectivity index (χ0v) is 12.0. The van der Waals surface area contributed by atoms with Gasteiger partial charge in [-0.15, -0.1) is 0 Å². The minimum Gasteiger partial charge on any atom is -0.492 e. The average Bonchev–Trinajstić information content (AvgIpc) is 2.55. The minimum atomic E-state index is 0.643. The van der Waals surface area contributed by atoms with Gasteiger partial charge in [0.15, 0.2) is 0 Å². The standard InChI is InChI=1S/C18H19NO2/c20-14-15-4-3-7-18(12-15)21-11-10-19-9-8-16-5-1-2-6-17(16)13-19/h1-7,12,14H,8-11,13H2. The molecule has 0 saturated carbocycles. The minimum absolute atomic E-state index is 0.643. The van der Waals surface area contributed by atoms with Crippen molar-refractivity contribution in [2.24, 2.45) is 0 Å². The van der Waals surface area contributed by atoms with Crippen molar-refractivity contribution >= 4 is 6.29 Å². The topological polar surface area (TPSA) is 29.5 Å². The van der Waals surface area contributed by atoms with Crippen LogP contribution in [0.15, 0.2) is 48.5 Å². The van der Waals surface area contributed by atoms with Gasteiger partial charge in [-0.05, 0) is 29.7 Å². The molecular formula is C18H19NO2. The lowest BCUT2D eigenvalue weighted by Gasteiger charge is -2.28. The second-order valence-corrected chi connectivity index (χ2v) is 5.33. The molecule has 0 radical (unpaired) electrons. The molecule has 0 spiro atoms. The van der Waals surface area contributed by atoms with E-state index in [2.05, 4.69) is 29.2 Å². The lowest BCUT2D eigenvalue weighted by molar-refractivity contribution is 0.112. The Balaban J connectivity index is 1.51. The number of hydrogen-bond acceptors (Lipinski definition) is 3. The molecule has 3 heteroatoms. The first-order chi connectivity index (χ1) is 10.3. The van der Waals surface area contributed by atoms with E-state index in [0.29, 0.717) is 12.2 Å². The fourth-order valence-corrected chi connectivity index (χ4v) is 2.72. The molecule has 3 rings (SSSR count). The molecule has 0 atom stereocenters. The van der Waals surface area contributed by atoms with Crippen molar-refractivity contribution < 1.29 is 9.53 Å². The van der Waals surface area contributed by atoms with Crippen LogP contribution in [0.2, 0.25) is 0 Å². The van der Waals surface area contributed by atoms with E-state index in [0.717, 1.165) is 38.1 Å². The summed E-state index contributed by atoms with van der Waals surface area (Å²) in [5.74, 6) is 0.761. The molecule has 2 aromatic rings. The van der Waals surface area contributed by atoms with Gasteiger partial charge >= 0.3 is 0 Å². The first-order valence-corrected chi connectivity index (χ1v) is 7.32. The Hall–Kier alpha value is -2.13. The first-order valence-electron chi connectivity index (χ1n) is 7.32. The Morgan fingerprint density at radius 2 is 1.95 bits per heavy atom. The van der Waals surface area contributed by atoms with E-state index in [9.17, 15) is 4.79 Å². The summed E-state index contributed by atoms with van der Waals surface area (Å²) in [5, 5.41) is 0. The van der Waals surface area contributed by atoms with Crippen molar-refractivity contribution in [3.8, 4) is 5.75 Å². The van der Waals surface area contributed by atoms with Crippen LogP contribution < -0.4 is 4.74 Å². The van der Waals surface area contributed by atoms with Crippen molar-refractivity contribution in [1.82, 2.24) is 4.90 Å². The van der Waals surface area contributed by atoms with Gasteiger partial charge in [-0.1, -0.05) is 36.4 Å². The number of fused-ring (bicyclic) bond motifs is 1. The molecule has 1 aliphatic rings. The summed E-state index contributed by atoms with van der Waals surface area (Å²) in [5.41, 5.74) is 3.54. The van der Waals surface area contributed by atoms with Gasteiger partial charge in [0.1, 0.15) is 18.6 Å². The van der Waals surface area contributed by atoms with Crippen LogP contribution in [0.1, 0.15) is 21.5 Å². The molecule has 0 unspecified atom stereocenters.